The standard InChI is InChI=1S/C16H16INO2S2/c1-12-2-4-13(5-3-12)16-18(10-11-21-16)22(19,20)15-8-6-14(17)7-9-15/h2-9,16H,10-11H2,1H3/t16-/m1/s1. The molecule has 3 nitrogen and oxygen atoms in total. The molecule has 2 aromatic rings. The van der Waals surface area contributed by atoms with Crippen molar-refractivity contribution in [3.05, 3.63) is 63.2 Å². The minimum atomic E-state index is -3.45. The molecule has 2 aromatic carbocycles. The van der Waals surface area contributed by atoms with E-state index in [-0.39, 0.29) is 5.37 Å². The number of hydrogen-bond donors (Lipinski definition) is 0. The third kappa shape index (κ3) is 3.20. The monoisotopic (exact) mass is 445 g/mol. The molecule has 0 radical (unpaired) electrons. The average Bonchev–Trinajstić information content (AvgIpc) is 2.99. The Hall–Kier alpha value is -0.570. The van der Waals surface area contributed by atoms with Gasteiger partial charge in [-0.3, -0.25) is 0 Å². The fraction of sp³-hybridized carbons (Fsp3) is 0.250. The summed E-state index contributed by atoms with van der Waals surface area (Å²) in [6.07, 6.45) is 0. The average molecular weight is 445 g/mol. The van der Waals surface area contributed by atoms with Gasteiger partial charge in [-0.25, -0.2) is 8.42 Å². The number of thioether (sulfide) groups is 1. The van der Waals surface area contributed by atoms with Gasteiger partial charge >= 0.3 is 0 Å². The van der Waals surface area contributed by atoms with E-state index in [2.05, 4.69) is 22.6 Å². The van der Waals surface area contributed by atoms with Crippen LogP contribution in [0, 0.1) is 10.5 Å². The Balaban J connectivity index is 1.95. The minimum absolute atomic E-state index is 0.134. The summed E-state index contributed by atoms with van der Waals surface area (Å²) >= 11 is 3.86. The number of benzene rings is 2. The van der Waals surface area contributed by atoms with E-state index in [9.17, 15) is 8.42 Å². The number of sulfonamides is 1. The Labute approximate surface area is 149 Å². The van der Waals surface area contributed by atoms with Crippen molar-refractivity contribution in [2.45, 2.75) is 17.2 Å². The van der Waals surface area contributed by atoms with Crippen LogP contribution in [-0.2, 0) is 10.0 Å². The summed E-state index contributed by atoms with van der Waals surface area (Å²) in [5, 5.41) is -0.134. The quantitative estimate of drug-likeness (QED) is 0.670. The Morgan fingerprint density at radius 3 is 2.36 bits per heavy atom. The number of halogens is 1. The van der Waals surface area contributed by atoms with E-state index in [1.165, 1.54) is 5.56 Å². The normalized spacial score (nSPS) is 19.5. The Morgan fingerprint density at radius 1 is 1.09 bits per heavy atom. The van der Waals surface area contributed by atoms with E-state index < -0.39 is 10.0 Å². The molecule has 0 aromatic heterocycles. The van der Waals surface area contributed by atoms with Crippen LogP contribution in [0.1, 0.15) is 16.5 Å². The van der Waals surface area contributed by atoms with Gasteiger partial charge in [-0.2, -0.15) is 4.31 Å². The van der Waals surface area contributed by atoms with Crippen molar-refractivity contribution in [3.8, 4) is 0 Å². The van der Waals surface area contributed by atoms with E-state index >= 15 is 0 Å². The van der Waals surface area contributed by atoms with Crippen LogP contribution in [0.15, 0.2) is 53.4 Å². The van der Waals surface area contributed by atoms with Crippen molar-refractivity contribution in [2.24, 2.45) is 0 Å². The molecule has 1 heterocycles. The second-order valence-corrected chi connectivity index (χ2v) is 9.53. The zero-order valence-electron chi connectivity index (χ0n) is 12.1. The van der Waals surface area contributed by atoms with Gasteiger partial charge < -0.3 is 0 Å². The van der Waals surface area contributed by atoms with Gasteiger partial charge in [-0.15, -0.1) is 11.8 Å². The van der Waals surface area contributed by atoms with E-state index in [1.807, 2.05) is 43.3 Å². The molecule has 1 aliphatic heterocycles. The van der Waals surface area contributed by atoms with Gasteiger partial charge in [0.1, 0.15) is 0 Å². The molecular weight excluding hydrogens is 429 g/mol. The maximum atomic E-state index is 12.9. The zero-order valence-corrected chi connectivity index (χ0v) is 15.9. The van der Waals surface area contributed by atoms with Crippen molar-refractivity contribution in [2.75, 3.05) is 12.3 Å². The highest BCUT2D eigenvalue weighted by molar-refractivity contribution is 14.1. The molecule has 0 amide bonds. The first-order valence-corrected chi connectivity index (χ1v) is 10.5. The molecule has 22 heavy (non-hydrogen) atoms. The lowest BCUT2D eigenvalue weighted by molar-refractivity contribution is 0.434. The molecule has 1 aliphatic rings. The van der Waals surface area contributed by atoms with Crippen molar-refractivity contribution < 1.29 is 8.42 Å². The SMILES string of the molecule is Cc1ccc([C@H]2SCCN2S(=O)(=O)c2ccc(I)cc2)cc1. The fourth-order valence-electron chi connectivity index (χ4n) is 2.44. The van der Waals surface area contributed by atoms with Gasteiger partial charge in [-0.1, -0.05) is 29.8 Å². The van der Waals surface area contributed by atoms with E-state index in [0.717, 1.165) is 14.9 Å². The number of nitrogens with zero attached hydrogens (tertiary/aromatic N) is 1. The van der Waals surface area contributed by atoms with Gasteiger partial charge in [0.05, 0.1) is 10.3 Å². The molecule has 116 valence electrons. The molecule has 0 saturated carbocycles. The smallest absolute Gasteiger partial charge is 0.207 e. The molecule has 1 atom stereocenters. The highest BCUT2D eigenvalue weighted by Crippen LogP contribution is 2.41. The lowest BCUT2D eigenvalue weighted by Crippen LogP contribution is -2.30. The first-order valence-electron chi connectivity index (χ1n) is 6.94. The van der Waals surface area contributed by atoms with E-state index in [0.29, 0.717) is 11.4 Å². The predicted octanol–water partition coefficient (Wildman–Crippen LogP) is 4.04. The van der Waals surface area contributed by atoms with Crippen LogP contribution >= 0.6 is 34.4 Å². The first kappa shape index (κ1) is 16.3. The molecule has 0 unspecified atom stereocenters. The maximum absolute atomic E-state index is 12.9. The lowest BCUT2D eigenvalue weighted by Gasteiger charge is -2.23. The Kier molecular flexibility index (Phi) is 4.82. The van der Waals surface area contributed by atoms with Gasteiger partial charge in [0, 0.05) is 15.9 Å². The van der Waals surface area contributed by atoms with Gasteiger partial charge in [0.25, 0.3) is 0 Å². The van der Waals surface area contributed by atoms with Gasteiger partial charge in [0.15, 0.2) is 0 Å². The first-order chi connectivity index (χ1) is 10.5. The predicted molar refractivity (Wildman–Crippen MR) is 99.4 cm³/mol. The van der Waals surface area contributed by atoms with Crippen LogP contribution in [-0.4, -0.2) is 25.0 Å². The Morgan fingerprint density at radius 2 is 1.73 bits per heavy atom. The van der Waals surface area contributed by atoms with Crippen LogP contribution in [0.4, 0.5) is 0 Å². The minimum Gasteiger partial charge on any atom is -0.207 e. The van der Waals surface area contributed by atoms with Crippen molar-refractivity contribution in [1.29, 1.82) is 0 Å². The molecule has 0 bridgehead atoms. The van der Waals surface area contributed by atoms with Crippen molar-refractivity contribution in [3.63, 3.8) is 0 Å². The number of hydrogen-bond acceptors (Lipinski definition) is 3. The summed E-state index contributed by atoms with van der Waals surface area (Å²) in [6, 6.07) is 15.1. The summed E-state index contributed by atoms with van der Waals surface area (Å²) in [7, 11) is -3.45. The molecular formula is C16H16INO2S2. The van der Waals surface area contributed by atoms with Crippen molar-refractivity contribution in [1.82, 2.24) is 4.31 Å². The maximum Gasteiger partial charge on any atom is 0.244 e. The summed E-state index contributed by atoms with van der Waals surface area (Å²) in [6.45, 7) is 2.59. The second kappa shape index (κ2) is 6.51. The van der Waals surface area contributed by atoms with Crippen LogP contribution in [0.25, 0.3) is 0 Å². The highest BCUT2D eigenvalue weighted by Gasteiger charge is 2.36. The number of aryl methyl sites for hydroxylation is 1. The fourth-order valence-corrected chi connectivity index (χ4v) is 6.04. The summed E-state index contributed by atoms with van der Waals surface area (Å²) < 4.78 is 28.5. The third-order valence-electron chi connectivity index (χ3n) is 3.63. The van der Waals surface area contributed by atoms with Crippen LogP contribution in [0.5, 0.6) is 0 Å². The molecule has 0 spiro atoms. The molecule has 0 N–H and O–H groups in total. The molecule has 3 rings (SSSR count). The van der Waals surface area contributed by atoms with Gasteiger partial charge in [0.2, 0.25) is 10.0 Å². The van der Waals surface area contributed by atoms with E-state index in [4.69, 9.17) is 0 Å². The van der Waals surface area contributed by atoms with Gasteiger partial charge in [-0.05, 0) is 59.3 Å². The summed E-state index contributed by atoms with van der Waals surface area (Å²) in [5.74, 6) is 0.822. The third-order valence-corrected chi connectivity index (χ3v) is 7.62. The summed E-state index contributed by atoms with van der Waals surface area (Å²) in [5.41, 5.74) is 2.22. The highest BCUT2D eigenvalue weighted by atomic mass is 127. The molecule has 1 saturated heterocycles. The second-order valence-electron chi connectivity index (χ2n) is 5.20. The van der Waals surface area contributed by atoms with Crippen LogP contribution in [0.2, 0.25) is 0 Å². The van der Waals surface area contributed by atoms with E-state index in [1.54, 1.807) is 28.2 Å². The number of rotatable bonds is 3. The molecule has 0 aliphatic carbocycles. The summed E-state index contributed by atoms with van der Waals surface area (Å²) in [4.78, 5) is 0.368. The Bertz CT molecular complexity index is 758. The zero-order chi connectivity index (χ0) is 15.7. The largest absolute Gasteiger partial charge is 0.244 e. The van der Waals surface area contributed by atoms with Crippen molar-refractivity contribution >= 4 is 44.4 Å². The molecule has 1 fully saturated rings. The topological polar surface area (TPSA) is 37.4 Å². The lowest BCUT2D eigenvalue weighted by atomic mass is 10.1. The molecule has 6 heteroatoms. The van der Waals surface area contributed by atoms with Crippen LogP contribution < -0.4 is 0 Å². The van der Waals surface area contributed by atoms with Crippen LogP contribution in [0.3, 0.4) is 0 Å².